The van der Waals surface area contributed by atoms with Crippen LogP contribution in [-0.4, -0.2) is 41.2 Å². The topological polar surface area (TPSA) is 50.2 Å². The summed E-state index contributed by atoms with van der Waals surface area (Å²) in [5, 5.41) is 9.58. The maximum atomic E-state index is 12.5. The molecule has 1 aromatic carbocycles. The van der Waals surface area contributed by atoms with Crippen LogP contribution in [-0.2, 0) is 0 Å². The van der Waals surface area contributed by atoms with Crippen molar-refractivity contribution in [1.82, 2.24) is 20.0 Å². The third kappa shape index (κ3) is 4.03. The first kappa shape index (κ1) is 18.4. The van der Waals surface area contributed by atoms with E-state index in [1.54, 1.807) is 11.3 Å². The lowest BCUT2D eigenvalue weighted by Gasteiger charge is -2.23. The summed E-state index contributed by atoms with van der Waals surface area (Å²) in [5.41, 5.74) is 3.66. The van der Waals surface area contributed by atoms with Gasteiger partial charge in [-0.1, -0.05) is 6.07 Å². The number of likely N-dealkylation sites (N-methyl/N-ethyl adjacent to an activating group) is 1. The minimum absolute atomic E-state index is 0.0617. The Labute approximate surface area is 158 Å². The van der Waals surface area contributed by atoms with Gasteiger partial charge in [-0.2, -0.15) is 5.10 Å². The number of rotatable bonds is 6. The van der Waals surface area contributed by atoms with Gasteiger partial charge in [0.2, 0.25) is 0 Å². The van der Waals surface area contributed by atoms with E-state index in [1.165, 1.54) is 4.88 Å². The SMILES string of the molecule is Cc1cc(C)n(-c2ccc(C(=O)NC[C@@H](c3cccs3)N(C)C)cc2)n1. The molecule has 0 aliphatic heterocycles. The molecule has 3 rings (SSSR count). The number of amides is 1. The molecular weight excluding hydrogens is 344 g/mol. The molecule has 136 valence electrons. The summed E-state index contributed by atoms with van der Waals surface area (Å²) in [5.74, 6) is -0.0617. The normalized spacial score (nSPS) is 12.3. The van der Waals surface area contributed by atoms with Gasteiger partial charge in [0.25, 0.3) is 5.91 Å². The van der Waals surface area contributed by atoms with Crippen molar-refractivity contribution in [3.05, 3.63) is 69.7 Å². The number of hydrogen-bond acceptors (Lipinski definition) is 4. The smallest absolute Gasteiger partial charge is 0.251 e. The van der Waals surface area contributed by atoms with E-state index in [2.05, 4.69) is 26.8 Å². The molecule has 0 saturated heterocycles. The van der Waals surface area contributed by atoms with Crippen LogP contribution < -0.4 is 5.32 Å². The first-order chi connectivity index (χ1) is 12.5. The van der Waals surface area contributed by atoms with Crippen molar-refractivity contribution in [2.24, 2.45) is 0 Å². The van der Waals surface area contributed by atoms with Crippen molar-refractivity contribution in [2.45, 2.75) is 19.9 Å². The number of aromatic nitrogens is 2. The van der Waals surface area contributed by atoms with Crippen LogP contribution in [0, 0.1) is 13.8 Å². The minimum Gasteiger partial charge on any atom is -0.350 e. The zero-order valence-corrected chi connectivity index (χ0v) is 16.4. The summed E-state index contributed by atoms with van der Waals surface area (Å²) < 4.78 is 1.88. The highest BCUT2D eigenvalue weighted by atomic mass is 32.1. The molecule has 0 aliphatic rings. The Morgan fingerprint density at radius 3 is 2.50 bits per heavy atom. The van der Waals surface area contributed by atoms with Gasteiger partial charge in [0.05, 0.1) is 17.4 Å². The molecule has 26 heavy (non-hydrogen) atoms. The molecule has 0 saturated carbocycles. The van der Waals surface area contributed by atoms with Gasteiger partial charge < -0.3 is 10.2 Å². The quantitative estimate of drug-likeness (QED) is 0.723. The van der Waals surface area contributed by atoms with E-state index in [-0.39, 0.29) is 11.9 Å². The van der Waals surface area contributed by atoms with Gasteiger partial charge in [0, 0.05) is 22.7 Å². The minimum atomic E-state index is -0.0617. The standard InChI is InChI=1S/C20H24N4OS/c1-14-12-15(2)24(22-14)17-9-7-16(8-10-17)20(25)21-13-18(23(3)4)19-6-5-11-26-19/h5-12,18H,13H2,1-4H3,(H,21,25)/t18-/m0/s1. The predicted octanol–water partition coefficient (Wildman–Crippen LogP) is 3.58. The number of aryl methyl sites for hydroxylation is 2. The first-order valence-electron chi connectivity index (χ1n) is 8.57. The summed E-state index contributed by atoms with van der Waals surface area (Å²) in [6.45, 7) is 4.57. The Kier molecular flexibility index (Phi) is 5.54. The predicted molar refractivity (Wildman–Crippen MR) is 106 cm³/mol. The van der Waals surface area contributed by atoms with Gasteiger partial charge in [0.15, 0.2) is 0 Å². The Bertz CT molecular complexity index is 866. The van der Waals surface area contributed by atoms with Crippen LogP contribution in [0.15, 0.2) is 47.8 Å². The molecular formula is C20H24N4OS. The zero-order valence-electron chi connectivity index (χ0n) is 15.6. The van der Waals surface area contributed by atoms with Crippen LogP contribution in [0.25, 0.3) is 5.69 Å². The monoisotopic (exact) mass is 368 g/mol. The van der Waals surface area contributed by atoms with Gasteiger partial charge in [-0.3, -0.25) is 4.79 Å². The highest BCUT2D eigenvalue weighted by Crippen LogP contribution is 2.22. The number of nitrogens with one attached hydrogen (secondary N) is 1. The Balaban J connectivity index is 1.67. The van der Waals surface area contributed by atoms with Crippen LogP contribution in [0.2, 0.25) is 0 Å². The van der Waals surface area contributed by atoms with E-state index in [9.17, 15) is 4.79 Å². The third-order valence-corrected chi connectivity index (χ3v) is 5.31. The molecule has 0 radical (unpaired) electrons. The second-order valence-corrected chi connectivity index (χ2v) is 7.57. The molecule has 0 fully saturated rings. The third-order valence-electron chi connectivity index (χ3n) is 4.33. The summed E-state index contributed by atoms with van der Waals surface area (Å²) in [4.78, 5) is 15.9. The molecule has 0 aliphatic carbocycles. The van der Waals surface area contributed by atoms with Crippen molar-refractivity contribution in [2.75, 3.05) is 20.6 Å². The number of benzene rings is 1. The molecule has 5 nitrogen and oxygen atoms in total. The molecule has 6 heteroatoms. The highest BCUT2D eigenvalue weighted by Gasteiger charge is 2.17. The van der Waals surface area contributed by atoms with Crippen molar-refractivity contribution in [3.63, 3.8) is 0 Å². The largest absolute Gasteiger partial charge is 0.350 e. The van der Waals surface area contributed by atoms with Gasteiger partial charge in [-0.05, 0) is 69.7 Å². The van der Waals surface area contributed by atoms with Crippen molar-refractivity contribution in [3.8, 4) is 5.69 Å². The molecule has 1 N–H and O–H groups in total. The van der Waals surface area contributed by atoms with Crippen LogP contribution in [0.3, 0.4) is 0 Å². The van der Waals surface area contributed by atoms with E-state index in [0.29, 0.717) is 12.1 Å². The number of hydrogen-bond donors (Lipinski definition) is 1. The molecule has 1 amide bonds. The van der Waals surface area contributed by atoms with Gasteiger partial charge >= 0.3 is 0 Å². The molecule has 3 aromatic rings. The molecule has 0 spiro atoms. The van der Waals surface area contributed by atoms with Crippen molar-refractivity contribution >= 4 is 17.2 Å². The van der Waals surface area contributed by atoms with Crippen molar-refractivity contribution in [1.29, 1.82) is 0 Å². The molecule has 2 heterocycles. The van der Waals surface area contributed by atoms with E-state index in [4.69, 9.17) is 0 Å². The van der Waals surface area contributed by atoms with Gasteiger partial charge in [-0.15, -0.1) is 11.3 Å². The second kappa shape index (κ2) is 7.85. The van der Waals surface area contributed by atoms with Crippen LogP contribution in [0.4, 0.5) is 0 Å². The van der Waals surface area contributed by atoms with E-state index < -0.39 is 0 Å². The lowest BCUT2D eigenvalue weighted by Crippen LogP contribution is -2.34. The number of thiophene rings is 1. The van der Waals surface area contributed by atoms with E-state index in [1.807, 2.05) is 69.0 Å². The molecule has 0 bridgehead atoms. The lowest BCUT2D eigenvalue weighted by atomic mass is 10.1. The summed E-state index contributed by atoms with van der Waals surface area (Å²) >= 11 is 1.71. The van der Waals surface area contributed by atoms with Crippen molar-refractivity contribution < 1.29 is 4.79 Å². The summed E-state index contributed by atoms with van der Waals surface area (Å²) in [7, 11) is 4.06. The maximum Gasteiger partial charge on any atom is 0.251 e. The van der Waals surface area contributed by atoms with Crippen LogP contribution >= 0.6 is 11.3 Å². The van der Waals surface area contributed by atoms with E-state index in [0.717, 1.165) is 17.1 Å². The fourth-order valence-corrected chi connectivity index (χ4v) is 3.88. The first-order valence-corrected chi connectivity index (χ1v) is 9.45. The number of carbonyl (C=O) groups is 1. The molecule has 2 aromatic heterocycles. The fraction of sp³-hybridized carbons (Fsp3) is 0.300. The zero-order chi connectivity index (χ0) is 18.7. The Morgan fingerprint density at radius 1 is 1.23 bits per heavy atom. The molecule has 0 unspecified atom stereocenters. The number of nitrogens with zero attached hydrogens (tertiary/aromatic N) is 3. The van der Waals surface area contributed by atoms with Crippen LogP contribution in [0.5, 0.6) is 0 Å². The average molecular weight is 369 g/mol. The lowest BCUT2D eigenvalue weighted by molar-refractivity contribution is 0.0942. The Hall–Kier alpha value is -2.44. The number of carbonyl (C=O) groups excluding carboxylic acids is 1. The second-order valence-electron chi connectivity index (χ2n) is 6.59. The van der Waals surface area contributed by atoms with E-state index >= 15 is 0 Å². The van der Waals surface area contributed by atoms with Gasteiger partial charge in [0.1, 0.15) is 0 Å². The highest BCUT2D eigenvalue weighted by molar-refractivity contribution is 7.10. The average Bonchev–Trinajstić information content (AvgIpc) is 3.24. The Morgan fingerprint density at radius 2 is 1.96 bits per heavy atom. The van der Waals surface area contributed by atoms with Crippen LogP contribution in [0.1, 0.15) is 32.7 Å². The maximum absolute atomic E-state index is 12.5. The fourth-order valence-electron chi connectivity index (χ4n) is 2.95. The molecule has 1 atom stereocenters. The summed E-state index contributed by atoms with van der Waals surface area (Å²) in [6.07, 6.45) is 0. The summed E-state index contributed by atoms with van der Waals surface area (Å²) in [6, 6.07) is 13.9. The van der Waals surface area contributed by atoms with Gasteiger partial charge in [-0.25, -0.2) is 4.68 Å².